The van der Waals surface area contributed by atoms with Crippen molar-refractivity contribution in [2.75, 3.05) is 0 Å². The Hall–Kier alpha value is 0.310. The third kappa shape index (κ3) is 4.47. The molecule has 0 bridgehead atoms. The zero-order valence-corrected chi connectivity index (χ0v) is 6.49. The van der Waals surface area contributed by atoms with Gasteiger partial charge in [0.2, 0.25) is 0 Å². The Morgan fingerprint density at radius 1 is 1.50 bits per heavy atom. The lowest BCUT2D eigenvalue weighted by Crippen LogP contribution is -1.99. The summed E-state index contributed by atoms with van der Waals surface area (Å²) >= 11 is 1.50. The molecule has 0 aromatic rings. The first-order valence-electron chi connectivity index (χ1n) is 2.98. The van der Waals surface area contributed by atoms with E-state index in [1.165, 1.54) is 11.8 Å². The third-order valence-electron chi connectivity index (χ3n) is 0.999. The van der Waals surface area contributed by atoms with Crippen LogP contribution in [0.5, 0.6) is 0 Å². The first kappa shape index (κ1) is 8.31. The molecule has 0 spiro atoms. The van der Waals surface area contributed by atoms with Crippen LogP contribution < -0.4 is 0 Å². The summed E-state index contributed by atoms with van der Waals surface area (Å²) in [6.07, 6.45) is 1.09. The molecule has 0 aliphatic heterocycles. The largest absolute Gasteiger partial charge is 0.222 e. The maximum atomic E-state index is 10.5. The highest BCUT2D eigenvalue weighted by Crippen LogP contribution is 2.17. The molecular formula is C6H13OS. The predicted molar refractivity (Wildman–Crippen MR) is 37.5 cm³/mol. The smallest absolute Gasteiger partial charge is 0.136 e. The van der Waals surface area contributed by atoms with Gasteiger partial charge in [0.25, 0.3) is 0 Å². The van der Waals surface area contributed by atoms with Gasteiger partial charge in [-0.15, -0.1) is 11.8 Å². The number of rotatable bonds is 3. The molecule has 0 rings (SSSR count). The average Bonchev–Trinajstić information content (AvgIpc) is 1.65. The summed E-state index contributed by atoms with van der Waals surface area (Å²) in [5, 5.41) is 11.0. The highest BCUT2D eigenvalue weighted by atomic mass is 32.2. The lowest BCUT2D eigenvalue weighted by Gasteiger charge is -2.07. The lowest BCUT2D eigenvalue weighted by molar-refractivity contribution is 0.180. The Morgan fingerprint density at radius 2 is 2.00 bits per heavy atom. The predicted octanol–water partition coefficient (Wildman–Crippen LogP) is 2.29. The van der Waals surface area contributed by atoms with Crippen LogP contribution in [0.15, 0.2) is 0 Å². The molecule has 0 amide bonds. The third-order valence-corrected chi connectivity index (χ3v) is 2.18. The fourth-order valence-electron chi connectivity index (χ4n) is 0.423. The van der Waals surface area contributed by atoms with Gasteiger partial charge in [-0.05, 0) is 13.3 Å². The van der Waals surface area contributed by atoms with Crippen molar-refractivity contribution >= 4 is 11.8 Å². The molecule has 0 N–H and O–H groups in total. The SMILES string of the molecule is CCC(C)SC(C)[O]. The van der Waals surface area contributed by atoms with E-state index >= 15 is 0 Å². The fraction of sp³-hybridized carbons (Fsp3) is 1.00. The van der Waals surface area contributed by atoms with E-state index < -0.39 is 5.44 Å². The molecule has 49 valence electrons. The number of hydrogen-bond donors (Lipinski definition) is 0. The zero-order valence-electron chi connectivity index (χ0n) is 5.68. The molecule has 0 saturated heterocycles. The second-order valence-electron chi connectivity index (χ2n) is 1.92. The Bertz CT molecular complexity index is 54.5. The van der Waals surface area contributed by atoms with Gasteiger partial charge in [0.1, 0.15) is 5.44 Å². The van der Waals surface area contributed by atoms with Crippen molar-refractivity contribution in [2.24, 2.45) is 0 Å². The van der Waals surface area contributed by atoms with Crippen LogP contribution in [0.2, 0.25) is 0 Å². The molecule has 0 fully saturated rings. The van der Waals surface area contributed by atoms with Gasteiger partial charge in [0, 0.05) is 5.25 Å². The Morgan fingerprint density at radius 3 is 2.12 bits per heavy atom. The van der Waals surface area contributed by atoms with Gasteiger partial charge >= 0.3 is 0 Å². The summed E-state index contributed by atoms with van der Waals surface area (Å²) in [6, 6.07) is 0. The van der Waals surface area contributed by atoms with Crippen molar-refractivity contribution in [2.45, 2.75) is 37.9 Å². The van der Waals surface area contributed by atoms with Gasteiger partial charge in [-0.3, -0.25) is 0 Å². The molecule has 2 atom stereocenters. The Balaban J connectivity index is 3.10. The van der Waals surface area contributed by atoms with Crippen molar-refractivity contribution in [1.82, 2.24) is 0 Å². The molecule has 1 nitrogen and oxygen atoms in total. The minimum Gasteiger partial charge on any atom is -0.222 e. The van der Waals surface area contributed by atoms with E-state index in [4.69, 9.17) is 0 Å². The van der Waals surface area contributed by atoms with Crippen molar-refractivity contribution in [1.29, 1.82) is 0 Å². The normalized spacial score (nSPS) is 18.0. The number of hydrogen-bond acceptors (Lipinski definition) is 1. The molecule has 0 aliphatic carbocycles. The van der Waals surface area contributed by atoms with E-state index in [2.05, 4.69) is 13.8 Å². The lowest BCUT2D eigenvalue weighted by atomic mass is 10.4. The van der Waals surface area contributed by atoms with E-state index in [-0.39, 0.29) is 0 Å². The monoisotopic (exact) mass is 133 g/mol. The van der Waals surface area contributed by atoms with Crippen LogP contribution in [-0.4, -0.2) is 10.7 Å². The fourth-order valence-corrected chi connectivity index (χ4v) is 1.27. The molecule has 0 aliphatic rings. The molecular weight excluding hydrogens is 120 g/mol. The second-order valence-corrected chi connectivity index (χ2v) is 3.66. The Labute approximate surface area is 55.5 Å². The summed E-state index contributed by atoms with van der Waals surface area (Å²) in [5.41, 5.74) is -0.454. The first-order chi connectivity index (χ1) is 3.66. The van der Waals surface area contributed by atoms with E-state index in [0.29, 0.717) is 5.25 Å². The van der Waals surface area contributed by atoms with Gasteiger partial charge in [0.15, 0.2) is 0 Å². The summed E-state index contributed by atoms with van der Waals surface area (Å²) in [4.78, 5) is 0. The highest BCUT2D eigenvalue weighted by molar-refractivity contribution is 8.00. The van der Waals surface area contributed by atoms with Gasteiger partial charge < -0.3 is 0 Å². The van der Waals surface area contributed by atoms with Gasteiger partial charge in [0.05, 0.1) is 0 Å². The highest BCUT2D eigenvalue weighted by Gasteiger charge is 2.03. The maximum absolute atomic E-state index is 10.5. The topological polar surface area (TPSA) is 19.9 Å². The van der Waals surface area contributed by atoms with Crippen LogP contribution in [0, 0.1) is 0 Å². The second kappa shape index (κ2) is 4.21. The van der Waals surface area contributed by atoms with Gasteiger partial charge in [-0.25, -0.2) is 5.11 Å². The molecule has 0 heterocycles. The molecule has 1 radical (unpaired) electrons. The molecule has 0 aromatic carbocycles. The van der Waals surface area contributed by atoms with E-state index in [1.54, 1.807) is 6.92 Å². The van der Waals surface area contributed by atoms with Crippen LogP contribution in [0.3, 0.4) is 0 Å². The van der Waals surface area contributed by atoms with Crippen molar-refractivity contribution in [3.05, 3.63) is 0 Å². The van der Waals surface area contributed by atoms with Gasteiger partial charge in [-0.2, -0.15) is 0 Å². The number of thioether (sulfide) groups is 1. The van der Waals surface area contributed by atoms with Crippen molar-refractivity contribution < 1.29 is 5.11 Å². The van der Waals surface area contributed by atoms with E-state index in [0.717, 1.165) is 6.42 Å². The van der Waals surface area contributed by atoms with Crippen LogP contribution in [-0.2, 0) is 5.11 Å². The summed E-state index contributed by atoms with van der Waals surface area (Å²) < 4.78 is 0. The molecule has 2 unspecified atom stereocenters. The first-order valence-corrected chi connectivity index (χ1v) is 3.92. The van der Waals surface area contributed by atoms with Crippen LogP contribution >= 0.6 is 11.8 Å². The van der Waals surface area contributed by atoms with Crippen LogP contribution in [0.25, 0.3) is 0 Å². The van der Waals surface area contributed by atoms with Crippen molar-refractivity contribution in [3.8, 4) is 0 Å². The summed E-state index contributed by atoms with van der Waals surface area (Å²) in [5.74, 6) is 0. The minimum atomic E-state index is -0.454. The standard InChI is InChI=1S/C6H13OS/c1-4-5(2)8-6(3)7/h5-6H,4H2,1-3H3. The van der Waals surface area contributed by atoms with Gasteiger partial charge in [-0.1, -0.05) is 13.8 Å². The van der Waals surface area contributed by atoms with E-state index in [9.17, 15) is 5.11 Å². The molecule has 2 heteroatoms. The average molecular weight is 133 g/mol. The molecule has 0 saturated carbocycles. The maximum Gasteiger partial charge on any atom is 0.136 e. The van der Waals surface area contributed by atoms with E-state index in [1.807, 2.05) is 0 Å². The summed E-state index contributed by atoms with van der Waals surface area (Å²) in [7, 11) is 0. The van der Waals surface area contributed by atoms with Crippen LogP contribution in [0.1, 0.15) is 27.2 Å². The summed E-state index contributed by atoms with van der Waals surface area (Å²) in [6.45, 7) is 5.87. The van der Waals surface area contributed by atoms with Crippen molar-refractivity contribution in [3.63, 3.8) is 0 Å². The van der Waals surface area contributed by atoms with Crippen LogP contribution in [0.4, 0.5) is 0 Å². The molecule has 8 heavy (non-hydrogen) atoms. The molecule has 0 aromatic heterocycles. The Kier molecular flexibility index (Phi) is 4.38. The minimum absolute atomic E-state index is 0.454. The zero-order chi connectivity index (χ0) is 6.57. The quantitative estimate of drug-likeness (QED) is 0.541.